The molecule has 3 heteroatoms. The third kappa shape index (κ3) is 1.43. The van der Waals surface area contributed by atoms with Gasteiger partial charge in [-0.05, 0) is 17.7 Å². The lowest BCUT2D eigenvalue weighted by Gasteiger charge is -2.06. The van der Waals surface area contributed by atoms with Crippen LogP contribution in [0.4, 0.5) is 0 Å². The van der Waals surface area contributed by atoms with E-state index in [0.717, 1.165) is 17.0 Å². The van der Waals surface area contributed by atoms with Gasteiger partial charge in [0.2, 0.25) is 0 Å². The van der Waals surface area contributed by atoms with Crippen LogP contribution in [0.2, 0.25) is 5.02 Å². The quantitative estimate of drug-likeness (QED) is 0.651. The third-order valence-electron chi connectivity index (χ3n) is 1.76. The zero-order chi connectivity index (χ0) is 8.39. The Balaban J connectivity index is 2.18. The molecule has 1 heterocycles. The Labute approximate surface area is 75.8 Å². The number of hydrogen-bond donors (Lipinski definition) is 0. The zero-order valence-corrected chi connectivity index (χ0v) is 7.08. The summed E-state index contributed by atoms with van der Waals surface area (Å²) in [5, 5.41) is 4.32. The van der Waals surface area contributed by atoms with Crippen molar-refractivity contribution in [2.75, 3.05) is 0 Å². The summed E-state index contributed by atoms with van der Waals surface area (Å²) in [6.07, 6.45) is 3.51. The van der Waals surface area contributed by atoms with E-state index in [-0.39, 0.29) is 6.10 Å². The van der Waals surface area contributed by atoms with E-state index in [1.54, 1.807) is 0 Å². The van der Waals surface area contributed by atoms with Crippen molar-refractivity contribution >= 4 is 17.8 Å². The Kier molecular flexibility index (Phi) is 2.00. The highest BCUT2D eigenvalue weighted by Crippen LogP contribution is 2.25. The van der Waals surface area contributed by atoms with Crippen LogP contribution in [0.15, 0.2) is 29.4 Å². The van der Waals surface area contributed by atoms with Gasteiger partial charge >= 0.3 is 0 Å². The van der Waals surface area contributed by atoms with Crippen LogP contribution in [-0.2, 0) is 4.84 Å². The third-order valence-corrected chi connectivity index (χ3v) is 2.01. The molecule has 0 saturated carbocycles. The van der Waals surface area contributed by atoms with Crippen LogP contribution in [0.25, 0.3) is 0 Å². The van der Waals surface area contributed by atoms with Crippen LogP contribution in [0, 0.1) is 0 Å². The van der Waals surface area contributed by atoms with Gasteiger partial charge in [0.1, 0.15) is 6.21 Å². The summed E-state index contributed by atoms with van der Waals surface area (Å²) in [6, 6.07) is 7.57. The maximum atomic E-state index is 5.74. The summed E-state index contributed by atoms with van der Waals surface area (Å²) in [7, 11) is 0. The minimum absolute atomic E-state index is 0.0299. The monoisotopic (exact) mass is 180 g/mol. The lowest BCUT2D eigenvalue weighted by Crippen LogP contribution is -1.94. The fraction of sp³-hybridized carbons (Fsp3) is 0.222. The first-order valence-corrected chi connectivity index (χ1v) is 4.08. The first kappa shape index (κ1) is 7.62. The lowest BCUT2D eigenvalue weighted by molar-refractivity contribution is 0.0858. The van der Waals surface area contributed by atoms with Gasteiger partial charge in [0.05, 0.1) is 0 Å². The maximum absolute atomic E-state index is 5.74. The maximum Gasteiger partial charge on any atom is 0.158 e. The Hall–Kier alpha value is -1.02. The molecule has 2 nitrogen and oxygen atoms in total. The molecule has 1 unspecified atom stereocenters. The van der Waals surface area contributed by atoms with Gasteiger partial charge in [-0.3, -0.25) is 0 Å². The predicted octanol–water partition coefficient (Wildman–Crippen LogP) is 2.66. The summed E-state index contributed by atoms with van der Waals surface area (Å²) in [5.41, 5.74) is 1.09. The summed E-state index contributed by atoms with van der Waals surface area (Å²) >= 11 is 5.74. The second-order valence-electron chi connectivity index (χ2n) is 2.60. The molecule has 0 N–H and O–H groups in total. The molecule has 0 spiro atoms. The second-order valence-corrected chi connectivity index (χ2v) is 3.04. The van der Waals surface area contributed by atoms with E-state index < -0.39 is 0 Å². The van der Waals surface area contributed by atoms with Crippen LogP contribution in [-0.4, -0.2) is 6.21 Å². The molecule has 1 radical (unpaired) electrons. The first-order chi connectivity index (χ1) is 5.86. The van der Waals surface area contributed by atoms with Gasteiger partial charge in [0, 0.05) is 11.4 Å². The van der Waals surface area contributed by atoms with Gasteiger partial charge in [-0.2, -0.15) is 0 Å². The molecule has 1 aromatic rings. The predicted molar refractivity (Wildman–Crippen MR) is 47.3 cm³/mol. The zero-order valence-electron chi connectivity index (χ0n) is 6.33. The van der Waals surface area contributed by atoms with Crippen LogP contribution in [0.1, 0.15) is 18.1 Å². The fourth-order valence-corrected chi connectivity index (χ4v) is 1.24. The number of benzene rings is 1. The topological polar surface area (TPSA) is 21.6 Å². The van der Waals surface area contributed by atoms with E-state index >= 15 is 0 Å². The van der Waals surface area contributed by atoms with Gasteiger partial charge in [0.25, 0.3) is 0 Å². The van der Waals surface area contributed by atoms with Crippen LogP contribution < -0.4 is 0 Å². The van der Waals surface area contributed by atoms with Crippen molar-refractivity contribution in [1.82, 2.24) is 0 Å². The average molecular weight is 181 g/mol. The number of rotatable bonds is 1. The number of nitrogens with zero attached hydrogens (tertiary/aromatic N) is 1. The van der Waals surface area contributed by atoms with Crippen LogP contribution in [0.3, 0.4) is 0 Å². The fourth-order valence-electron chi connectivity index (χ4n) is 1.11. The minimum atomic E-state index is 0.0299. The van der Waals surface area contributed by atoms with E-state index in [0.29, 0.717) is 0 Å². The van der Waals surface area contributed by atoms with Crippen molar-refractivity contribution in [2.24, 2.45) is 5.16 Å². The molecule has 2 rings (SSSR count). The van der Waals surface area contributed by atoms with E-state index in [2.05, 4.69) is 11.4 Å². The summed E-state index contributed by atoms with van der Waals surface area (Å²) < 4.78 is 0. The van der Waals surface area contributed by atoms with Gasteiger partial charge in [-0.1, -0.05) is 28.9 Å². The highest BCUT2D eigenvalue weighted by atomic mass is 35.5. The molecule has 0 amide bonds. The van der Waals surface area contributed by atoms with E-state index in [1.807, 2.05) is 24.3 Å². The van der Waals surface area contributed by atoms with Gasteiger partial charge in [0.15, 0.2) is 6.10 Å². The van der Waals surface area contributed by atoms with Gasteiger partial charge < -0.3 is 4.84 Å². The molecular weight excluding hydrogens is 174 g/mol. The smallest absolute Gasteiger partial charge is 0.158 e. The first-order valence-electron chi connectivity index (χ1n) is 3.70. The van der Waals surface area contributed by atoms with Gasteiger partial charge in [-0.25, -0.2) is 0 Å². The van der Waals surface area contributed by atoms with E-state index in [9.17, 15) is 0 Å². The lowest BCUT2D eigenvalue weighted by atomic mass is 10.1. The molecule has 12 heavy (non-hydrogen) atoms. The Bertz CT molecular complexity index is 286. The van der Waals surface area contributed by atoms with E-state index in [4.69, 9.17) is 16.4 Å². The van der Waals surface area contributed by atoms with Crippen LogP contribution in [0.5, 0.6) is 0 Å². The molecule has 1 atom stereocenters. The molecule has 0 saturated heterocycles. The Morgan fingerprint density at radius 3 is 2.75 bits per heavy atom. The van der Waals surface area contributed by atoms with Crippen molar-refractivity contribution < 1.29 is 4.84 Å². The normalized spacial score (nSPS) is 20.9. The molecule has 1 aliphatic heterocycles. The standard InChI is InChI=1S/C9H7ClNO/c10-8-3-1-7(2-4-8)9-5-6-11-12-9/h1-4,9H,5H2. The molecule has 0 fully saturated rings. The van der Waals surface area contributed by atoms with Crippen molar-refractivity contribution in [3.8, 4) is 0 Å². The largest absolute Gasteiger partial charge is 0.387 e. The van der Waals surface area contributed by atoms with Crippen molar-refractivity contribution in [3.63, 3.8) is 0 Å². The molecular formula is C9H7ClNO. The van der Waals surface area contributed by atoms with Gasteiger partial charge in [-0.15, -0.1) is 0 Å². The summed E-state index contributed by atoms with van der Waals surface area (Å²) in [6.45, 7) is 0. The molecule has 0 bridgehead atoms. The van der Waals surface area contributed by atoms with Crippen molar-refractivity contribution in [3.05, 3.63) is 34.9 Å². The summed E-state index contributed by atoms with van der Waals surface area (Å²) in [5.74, 6) is 0. The molecule has 0 aliphatic carbocycles. The Morgan fingerprint density at radius 2 is 2.17 bits per heavy atom. The SMILES string of the molecule is Clc1ccc(C2C[C]=NO2)cc1. The average Bonchev–Trinajstić information content (AvgIpc) is 2.58. The minimum Gasteiger partial charge on any atom is -0.387 e. The van der Waals surface area contributed by atoms with Crippen molar-refractivity contribution in [1.29, 1.82) is 0 Å². The second kappa shape index (κ2) is 3.15. The number of halogens is 1. The highest BCUT2D eigenvalue weighted by molar-refractivity contribution is 6.30. The van der Waals surface area contributed by atoms with E-state index in [1.165, 1.54) is 0 Å². The molecule has 0 aromatic heterocycles. The summed E-state index contributed by atoms with van der Waals surface area (Å²) in [4.78, 5) is 5.05. The molecule has 1 aliphatic rings. The Morgan fingerprint density at radius 1 is 1.42 bits per heavy atom. The molecule has 61 valence electrons. The van der Waals surface area contributed by atoms with Crippen molar-refractivity contribution in [2.45, 2.75) is 12.5 Å². The number of hydrogen-bond acceptors (Lipinski definition) is 2. The highest BCUT2D eigenvalue weighted by Gasteiger charge is 2.15. The molecule has 1 aromatic carbocycles. The van der Waals surface area contributed by atoms with Crippen LogP contribution >= 0.6 is 11.6 Å².